The third kappa shape index (κ3) is 3.11. The number of hydrogen-bond acceptors (Lipinski definition) is 5. The van der Waals surface area contributed by atoms with E-state index < -0.39 is 11.2 Å². The van der Waals surface area contributed by atoms with Gasteiger partial charge < -0.3 is 10.0 Å². The van der Waals surface area contributed by atoms with E-state index >= 15 is 0 Å². The number of fused-ring (bicyclic) bond motifs is 1. The molecule has 19 heavy (non-hydrogen) atoms. The predicted molar refractivity (Wildman–Crippen MR) is 73.6 cm³/mol. The van der Waals surface area contributed by atoms with Crippen LogP contribution in [0.3, 0.4) is 0 Å². The lowest BCUT2D eigenvalue weighted by Crippen LogP contribution is -2.37. The van der Waals surface area contributed by atoms with E-state index in [1.807, 2.05) is 11.8 Å². The van der Waals surface area contributed by atoms with E-state index in [9.17, 15) is 9.59 Å². The Kier molecular flexibility index (Phi) is 4.16. The van der Waals surface area contributed by atoms with Crippen molar-refractivity contribution >= 4 is 17.2 Å². The van der Waals surface area contributed by atoms with Crippen LogP contribution >= 0.6 is 0 Å². The molecule has 0 fully saturated rings. The standard InChI is InChI=1S/C12H18N4O3/c1-8-7-16(5-3-2-4-6-17)10-9(13-8)11(18)15-12(19)14-10/h17H,2-7H2,1H3,(H2,14,15,18,19). The number of aromatic amines is 2. The lowest BCUT2D eigenvalue weighted by Gasteiger charge is -2.28. The van der Waals surface area contributed by atoms with Crippen LogP contribution in [0.4, 0.5) is 11.5 Å². The maximum atomic E-state index is 11.7. The Morgan fingerprint density at radius 1 is 1.26 bits per heavy atom. The van der Waals surface area contributed by atoms with E-state index in [1.54, 1.807) is 0 Å². The van der Waals surface area contributed by atoms with Crippen LogP contribution in [0.5, 0.6) is 0 Å². The normalized spacial score (nSPS) is 14.2. The number of anilines is 1. The molecule has 0 unspecified atom stereocenters. The molecule has 0 aromatic carbocycles. The van der Waals surface area contributed by atoms with Crippen molar-refractivity contribution in [2.75, 3.05) is 24.6 Å². The minimum atomic E-state index is -0.515. The summed E-state index contributed by atoms with van der Waals surface area (Å²) < 4.78 is 0. The molecule has 1 aromatic rings. The van der Waals surface area contributed by atoms with Crippen molar-refractivity contribution < 1.29 is 5.11 Å². The van der Waals surface area contributed by atoms with Gasteiger partial charge in [-0.3, -0.25) is 14.8 Å². The second kappa shape index (κ2) is 5.83. The maximum Gasteiger partial charge on any atom is 0.327 e. The van der Waals surface area contributed by atoms with Gasteiger partial charge >= 0.3 is 5.69 Å². The van der Waals surface area contributed by atoms with Crippen LogP contribution in [0.2, 0.25) is 0 Å². The second-order valence-corrected chi connectivity index (χ2v) is 4.66. The summed E-state index contributed by atoms with van der Waals surface area (Å²) in [6, 6.07) is 0. The first kappa shape index (κ1) is 13.5. The SMILES string of the molecule is CC1=Nc2c([nH]c(=O)[nH]c2=O)N(CCCCCO)C1. The van der Waals surface area contributed by atoms with Gasteiger partial charge in [0.25, 0.3) is 5.56 Å². The largest absolute Gasteiger partial charge is 0.396 e. The number of aliphatic hydroxyl groups is 1. The Balaban J connectivity index is 2.23. The van der Waals surface area contributed by atoms with E-state index in [1.165, 1.54) is 0 Å². The molecule has 0 spiro atoms. The molecular weight excluding hydrogens is 248 g/mol. The lowest BCUT2D eigenvalue weighted by molar-refractivity contribution is 0.283. The molecule has 0 saturated carbocycles. The van der Waals surface area contributed by atoms with Crippen LogP contribution in [-0.4, -0.2) is 40.5 Å². The van der Waals surface area contributed by atoms with Crippen molar-refractivity contribution in [3.63, 3.8) is 0 Å². The Labute approximate surface area is 110 Å². The van der Waals surface area contributed by atoms with Gasteiger partial charge in [0.15, 0.2) is 5.69 Å². The molecule has 104 valence electrons. The lowest BCUT2D eigenvalue weighted by atomic mass is 10.2. The summed E-state index contributed by atoms with van der Waals surface area (Å²) >= 11 is 0. The Morgan fingerprint density at radius 2 is 2.05 bits per heavy atom. The van der Waals surface area contributed by atoms with E-state index in [0.717, 1.165) is 31.5 Å². The fraction of sp³-hybridized carbons (Fsp3) is 0.583. The van der Waals surface area contributed by atoms with Gasteiger partial charge in [0, 0.05) is 18.9 Å². The molecule has 1 aliphatic rings. The zero-order valence-corrected chi connectivity index (χ0v) is 10.9. The number of unbranched alkanes of at least 4 members (excludes halogenated alkanes) is 2. The van der Waals surface area contributed by atoms with Crippen LogP contribution in [0.1, 0.15) is 26.2 Å². The molecule has 0 saturated heterocycles. The van der Waals surface area contributed by atoms with Crippen LogP contribution in [-0.2, 0) is 0 Å². The average molecular weight is 266 g/mol. The number of rotatable bonds is 5. The minimum Gasteiger partial charge on any atom is -0.396 e. The van der Waals surface area contributed by atoms with Crippen molar-refractivity contribution in [1.82, 2.24) is 9.97 Å². The first-order valence-corrected chi connectivity index (χ1v) is 6.38. The van der Waals surface area contributed by atoms with Gasteiger partial charge in [0.1, 0.15) is 5.82 Å². The molecule has 2 heterocycles. The van der Waals surface area contributed by atoms with Gasteiger partial charge in [-0.2, -0.15) is 0 Å². The Bertz CT molecular complexity index is 587. The quantitative estimate of drug-likeness (QED) is 0.660. The predicted octanol–water partition coefficient (Wildman–Crippen LogP) is 0.138. The highest BCUT2D eigenvalue weighted by atomic mass is 16.3. The molecule has 3 N–H and O–H groups in total. The Morgan fingerprint density at radius 3 is 2.79 bits per heavy atom. The molecular formula is C12H18N4O3. The monoisotopic (exact) mass is 266 g/mol. The van der Waals surface area contributed by atoms with Gasteiger partial charge in [-0.15, -0.1) is 0 Å². The number of aliphatic hydroxyl groups excluding tert-OH is 1. The van der Waals surface area contributed by atoms with Crippen molar-refractivity contribution in [1.29, 1.82) is 0 Å². The topological polar surface area (TPSA) is 102 Å². The van der Waals surface area contributed by atoms with E-state index in [0.29, 0.717) is 12.4 Å². The smallest absolute Gasteiger partial charge is 0.327 e. The van der Waals surface area contributed by atoms with Gasteiger partial charge in [-0.25, -0.2) is 9.79 Å². The summed E-state index contributed by atoms with van der Waals surface area (Å²) in [5.41, 5.74) is 0.134. The third-order valence-corrected chi connectivity index (χ3v) is 3.02. The maximum absolute atomic E-state index is 11.7. The summed E-state index contributed by atoms with van der Waals surface area (Å²) in [4.78, 5) is 34.0. The van der Waals surface area contributed by atoms with Crippen molar-refractivity contribution in [3.8, 4) is 0 Å². The molecule has 0 amide bonds. The van der Waals surface area contributed by atoms with Gasteiger partial charge in [-0.1, -0.05) is 0 Å². The van der Waals surface area contributed by atoms with E-state index in [-0.39, 0.29) is 12.3 Å². The zero-order chi connectivity index (χ0) is 13.8. The summed E-state index contributed by atoms with van der Waals surface area (Å²) in [6.07, 6.45) is 2.56. The first-order valence-electron chi connectivity index (χ1n) is 6.38. The highest BCUT2D eigenvalue weighted by Crippen LogP contribution is 2.25. The molecule has 1 aromatic heterocycles. The van der Waals surface area contributed by atoms with Crippen LogP contribution in [0, 0.1) is 0 Å². The third-order valence-electron chi connectivity index (χ3n) is 3.02. The summed E-state index contributed by atoms with van der Waals surface area (Å²) in [5, 5.41) is 8.75. The van der Waals surface area contributed by atoms with Gasteiger partial charge in [0.2, 0.25) is 0 Å². The average Bonchev–Trinajstić information content (AvgIpc) is 2.36. The molecule has 7 nitrogen and oxygen atoms in total. The fourth-order valence-corrected chi connectivity index (χ4v) is 2.16. The molecule has 0 atom stereocenters. The fourth-order valence-electron chi connectivity index (χ4n) is 2.16. The van der Waals surface area contributed by atoms with E-state index in [4.69, 9.17) is 5.11 Å². The Hall–Kier alpha value is -1.89. The van der Waals surface area contributed by atoms with E-state index in [2.05, 4.69) is 15.0 Å². The van der Waals surface area contributed by atoms with Gasteiger partial charge in [0.05, 0.1) is 6.54 Å². The highest BCUT2D eigenvalue weighted by molar-refractivity contribution is 5.93. The summed E-state index contributed by atoms with van der Waals surface area (Å²) in [7, 11) is 0. The van der Waals surface area contributed by atoms with Crippen molar-refractivity contribution in [2.45, 2.75) is 26.2 Å². The number of aliphatic imine (C=N–C) groups is 1. The molecule has 0 bridgehead atoms. The molecule has 0 radical (unpaired) electrons. The molecule has 2 rings (SSSR count). The van der Waals surface area contributed by atoms with Crippen molar-refractivity contribution in [3.05, 3.63) is 20.8 Å². The summed E-state index contributed by atoms with van der Waals surface area (Å²) in [5.74, 6) is 0.489. The number of nitrogens with one attached hydrogen (secondary N) is 2. The van der Waals surface area contributed by atoms with Crippen LogP contribution in [0.25, 0.3) is 0 Å². The number of H-pyrrole nitrogens is 2. The minimum absolute atomic E-state index is 0.188. The number of aromatic nitrogens is 2. The number of nitrogens with zero attached hydrogens (tertiary/aromatic N) is 2. The molecule has 0 aliphatic carbocycles. The highest BCUT2D eigenvalue weighted by Gasteiger charge is 2.20. The van der Waals surface area contributed by atoms with Crippen LogP contribution < -0.4 is 16.1 Å². The first-order chi connectivity index (χ1) is 9.11. The molecule has 7 heteroatoms. The van der Waals surface area contributed by atoms with Gasteiger partial charge in [-0.05, 0) is 26.2 Å². The second-order valence-electron chi connectivity index (χ2n) is 4.66. The van der Waals surface area contributed by atoms with Crippen LogP contribution in [0.15, 0.2) is 14.6 Å². The van der Waals surface area contributed by atoms with Crippen molar-refractivity contribution in [2.24, 2.45) is 4.99 Å². The molecule has 1 aliphatic heterocycles. The zero-order valence-electron chi connectivity index (χ0n) is 10.9. The summed E-state index contributed by atoms with van der Waals surface area (Å²) in [6.45, 7) is 3.37. The number of hydrogen-bond donors (Lipinski definition) is 3.